The molecule has 0 nitrogen and oxygen atoms in total. The van der Waals surface area contributed by atoms with E-state index in [1.54, 1.807) is 5.56 Å². The summed E-state index contributed by atoms with van der Waals surface area (Å²) in [4.78, 5) is 0. The zero-order valence-electron chi connectivity index (χ0n) is 22.3. The highest BCUT2D eigenvalue weighted by molar-refractivity contribution is 5.43. The molecule has 34 heavy (non-hydrogen) atoms. The van der Waals surface area contributed by atoms with Gasteiger partial charge in [0, 0.05) is 11.5 Å². The molecule has 0 bridgehead atoms. The molecule has 1 aliphatic carbocycles. The van der Waals surface area contributed by atoms with Crippen LogP contribution in [0.25, 0.3) is 0 Å². The fourth-order valence-corrected chi connectivity index (χ4v) is 5.68. The zero-order chi connectivity index (χ0) is 24.0. The molecule has 0 N–H and O–H groups in total. The van der Waals surface area contributed by atoms with Crippen LogP contribution in [0.15, 0.2) is 48.5 Å². The molecule has 0 saturated heterocycles. The van der Waals surface area contributed by atoms with Crippen molar-refractivity contribution < 1.29 is 0 Å². The molecule has 1 unspecified atom stereocenters. The molecular weight excluding hydrogens is 408 g/mol. The van der Waals surface area contributed by atoms with Gasteiger partial charge in [-0.25, -0.2) is 0 Å². The molecule has 184 valence electrons. The van der Waals surface area contributed by atoms with Crippen LogP contribution < -0.4 is 0 Å². The summed E-state index contributed by atoms with van der Waals surface area (Å²) >= 11 is 0. The summed E-state index contributed by atoms with van der Waals surface area (Å²) in [6.07, 6.45) is 18.1. The average molecular weight is 457 g/mol. The average Bonchev–Trinajstić information content (AvgIpc) is 2.89. The Bertz CT molecular complexity index is 870. The first-order chi connectivity index (χ1) is 16.7. The highest BCUT2D eigenvalue weighted by Crippen LogP contribution is 2.36. The molecule has 2 aromatic rings. The van der Waals surface area contributed by atoms with Crippen molar-refractivity contribution in [1.29, 1.82) is 0 Å². The van der Waals surface area contributed by atoms with Gasteiger partial charge in [-0.15, -0.1) is 0 Å². The summed E-state index contributed by atoms with van der Waals surface area (Å²) in [7, 11) is 0. The lowest BCUT2D eigenvalue weighted by Crippen LogP contribution is -2.12. The van der Waals surface area contributed by atoms with E-state index in [1.807, 2.05) is 0 Å². The molecule has 0 heteroatoms. The molecule has 1 atom stereocenters. The molecule has 0 aliphatic heterocycles. The van der Waals surface area contributed by atoms with Crippen molar-refractivity contribution in [3.8, 4) is 11.8 Å². The van der Waals surface area contributed by atoms with Gasteiger partial charge in [-0.2, -0.15) is 0 Å². The number of hydrogen-bond donors (Lipinski definition) is 0. The molecule has 1 saturated carbocycles. The first-order valence-corrected chi connectivity index (χ1v) is 14.4. The van der Waals surface area contributed by atoms with E-state index in [4.69, 9.17) is 0 Å². The van der Waals surface area contributed by atoms with Crippen LogP contribution in [-0.4, -0.2) is 0 Å². The second-order valence-electron chi connectivity index (χ2n) is 10.6. The highest BCUT2D eigenvalue weighted by atomic mass is 14.3. The van der Waals surface area contributed by atoms with E-state index in [0.29, 0.717) is 11.8 Å². The van der Waals surface area contributed by atoms with Crippen molar-refractivity contribution in [3.63, 3.8) is 0 Å². The molecule has 2 aromatic carbocycles. The standard InChI is InChI=1S/C34H48/c1-4-7-9-10-14-28-18-23-30(24-19-28)31-25-20-29(21-26-31)22-27-33-16-11-12-17-34(33)32(13-6-3)15-8-5-2/h11-12,16-19,23-24,29,31-32H,4-10,13-15,20-21,25-26H2,1-3H3. The number of aryl methyl sites for hydroxylation is 1. The zero-order valence-corrected chi connectivity index (χ0v) is 22.3. The second-order valence-corrected chi connectivity index (χ2v) is 10.6. The van der Waals surface area contributed by atoms with Crippen LogP contribution in [0, 0.1) is 17.8 Å². The Balaban J connectivity index is 1.55. The van der Waals surface area contributed by atoms with E-state index >= 15 is 0 Å². The van der Waals surface area contributed by atoms with Crippen LogP contribution in [0.4, 0.5) is 0 Å². The summed E-state index contributed by atoms with van der Waals surface area (Å²) in [5.74, 6) is 9.28. The minimum atomic E-state index is 0.558. The molecule has 0 amide bonds. The van der Waals surface area contributed by atoms with Crippen molar-refractivity contribution >= 4 is 0 Å². The molecular formula is C34H48. The predicted octanol–water partition coefficient (Wildman–Crippen LogP) is 10.2. The lowest BCUT2D eigenvalue weighted by Gasteiger charge is -2.26. The third-order valence-electron chi connectivity index (χ3n) is 7.85. The van der Waals surface area contributed by atoms with Gasteiger partial charge in [0.05, 0.1) is 0 Å². The van der Waals surface area contributed by atoms with Gasteiger partial charge in [0.15, 0.2) is 0 Å². The molecule has 0 heterocycles. The number of benzene rings is 2. The van der Waals surface area contributed by atoms with E-state index in [-0.39, 0.29) is 0 Å². The van der Waals surface area contributed by atoms with Gasteiger partial charge < -0.3 is 0 Å². The van der Waals surface area contributed by atoms with E-state index in [9.17, 15) is 0 Å². The maximum absolute atomic E-state index is 3.70. The van der Waals surface area contributed by atoms with Crippen LogP contribution in [0.5, 0.6) is 0 Å². The highest BCUT2D eigenvalue weighted by Gasteiger charge is 2.21. The normalized spacial score (nSPS) is 18.8. The number of rotatable bonds is 12. The minimum absolute atomic E-state index is 0.558. The van der Waals surface area contributed by atoms with Crippen molar-refractivity contribution in [2.24, 2.45) is 5.92 Å². The van der Waals surface area contributed by atoms with Gasteiger partial charge in [-0.1, -0.05) is 114 Å². The predicted molar refractivity (Wildman–Crippen MR) is 149 cm³/mol. The van der Waals surface area contributed by atoms with Crippen LogP contribution >= 0.6 is 0 Å². The summed E-state index contributed by atoms with van der Waals surface area (Å²) in [6, 6.07) is 18.6. The molecule has 1 fully saturated rings. The summed E-state index contributed by atoms with van der Waals surface area (Å²) in [5, 5.41) is 0. The monoisotopic (exact) mass is 456 g/mol. The van der Waals surface area contributed by atoms with Gasteiger partial charge in [0.1, 0.15) is 0 Å². The first kappa shape index (κ1) is 26.6. The summed E-state index contributed by atoms with van der Waals surface area (Å²) in [5.41, 5.74) is 5.84. The van der Waals surface area contributed by atoms with Crippen LogP contribution in [0.2, 0.25) is 0 Å². The third-order valence-corrected chi connectivity index (χ3v) is 7.85. The Morgan fingerprint density at radius 3 is 2.18 bits per heavy atom. The lowest BCUT2D eigenvalue weighted by molar-refractivity contribution is 0.384. The SMILES string of the molecule is CCCCCCc1ccc(C2CCC(C#Cc3ccccc3C(CCC)CCCC)CC2)cc1. The van der Waals surface area contributed by atoms with Crippen molar-refractivity contribution in [2.45, 2.75) is 122 Å². The van der Waals surface area contributed by atoms with Crippen molar-refractivity contribution in [3.05, 3.63) is 70.8 Å². The molecule has 0 spiro atoms. The Labute approximate surface area is 211 Å². The molecule has 3 rings (SSSR count). The first-order valence-electron chi connectivity index (χ1n) is 14.4. The fraction of sp³-hybridized carbons (Fsp3) is 0.588. The van der Waals surface area contributed by atoms with E-state index < -0.39 is 0 Å². The summed E-state index contributed by atoms with van der Waals surface area (Å²) < 4.78 is 0. The Morgan fingerprint density at radius 2 is 1.47 bits per heavy atom. The van der Waals surface area contributed by atoms with Crippen LogP contribution in [0.1, 0.15) is 138 Å². The van der Waals surface area contributed by atoms with Gasteiger partial charge in [-0.3, -0.25) is 0 Å². The van der Waals surface area contributed by atoms with Crippen LogP contribution in [-0.2, 0) is 6.42 Å². The largest absolute Gasteiger partial charge is 0.0945 e. The maximum Gasteiger partial charge on any atom is 0.0280 e. The minimum Gasteiger partial charge on any atom is -0.0945 e. The lowest BCUT2D eigenvalue weighted by atomic mass is 9.78. The maximum atomic E-state index is 3.70. The quantitative estimate of drug-likeness (QED) is 0.220. The Hall–Kier alpha value is -2.00. The van der Waals surface area contributed by atoms with E-state index in [1.165, 1.54) is 107 Å². The number of hydrogen-bond acceptors (Lipinski definition) is 0. The van der Waals surface area contributed by atoms with Gasteiger partial charge in [0.25, 0.3) is 0 Å². The van der Waals surface area contributed by atoms with Gasteiger partial charge >= 0.3 is 0 Å². The van der Waals surface area contributed by atoms with E-state index in [0.717, 1.165) is 5.92 Å². The molecule has 1 aliphatic rings. The van der Waals surface area contributed by atoms with Gasteiger partial charge in [0.2, 0.25) is 0 Å². The number of unbranched alkanes of at least 4 members (excludes halogenated alkanes) is 4. The molecule has 0 radical (unpaired) electrons. The van der Waals surface area contributed by atoms with Crippen molar-refractivity contribution in [2.75, 3.05) is 0 Å². The topological polar surface area (TPSA) is 0 Å². The van der Waals surface area contributed by atoms with Crippen molar-refractivity contribution in [1.82, 2.24) is 0 Å². The van der Waals surface area contributed by atoms with Gasteiger partial charge in [-0.05, 0) is 86.0 Å². The summed E-state index contributed by atoms with van der Waals surface area (Å²) in [6.45, 7) is 6.90. The Morgan fingerprint density at radius 1 is 0.735 bits per heavy atom. The fourth-order valence-electron chi connectivity index (χ4n) is 5.68. The second kappa shape index (κ2) is 15.1. The Kier molecular flexibility index (Phi) is 11.8. The molecule has 0 aromatic heterocycles. The third kappa shape index (κ3) is 8.34. The smallest absolute Gasteiger partial charge is 0.0280 e. The van der Waals surface area contributed by atoms with Crippen LogP contribution in [0.3, 0.4) is 0 Å². The van der Waals surface area contributed by atoms with E-state index in [2.05, 4.69) is 81.1 Å².